The van der Waals surface area contributed by atoms with Gasteiger partial charge in [0.05, 0.1) is 12.4 Å². The number of methoxy groups -OCH3 is 1. The van der Waals surface area contributed by atoms with Crippen molar-refractivity contribution >= 4 is 11.8 Å². The minimum Gasteiger partial charge on any atom is -0.497 e. The molecule has 0 saturated heterocycles. The monoisotopic (exact) mass is 316 g/mol. The zero-order valence-corrected chi connectivity index (χ0v) is 13.4. The number of hydrogen-bond acceptors (Lipinski definition) is 6. The highest BCUT2D eigenvalue weighted by atomic mass is 32.2. The largest absolute Gasteiger partial charge is 0.497 e. The summed E-state index contributed by atoms with van der Waals surface area (Å²) in [6.45, 7) is 2.02. The summed E-state index contributed by atoms with van der Waals surface area (Å²) in [4.78, 5) is 4.29. The maximum Gasteiger partial charge on any atom is 0.247 e. The van der Waals surface area contributed by atoms with E-state index in [1.807, 2.05) is 49.0 Å². The van der Waals surface area contributed by atoms with Gasteiger partial charge in [0.15, 0.2) is 5.16 Å². The second-order valence-corrected chi connectivity index (χ2v) is 6.06. The lowest BCUT2D eigenvalue weighted by atomic mass is 10.2. The molecule has 0 aliphatic carbocycles. The average Bonchev–Trinajstić information content (AvgIpc) is 3.17. The lowest BCUT2D eigenvalue weighted by molar-refractivity contribution is 0.415. The van der Waals surface area contributed by atoms with E-state index in [1.54, 1.807) is 25.1 Å². The van der Waals surface area contributed by atoms with Gasteiger partial charge in [0.1, 0.15) is 5.75 Å². The van der Waals surface area contributed by atoms with Crippen LogP contribution in [0.25, 0.3) is 11.5 Å². The number of ether oxygens (including phenoxy) is 1. The van der Waals surface area contributed by atoms with Crippen molar-refractivity contribution in [2.75, 3.05) is 7.11 Å². The second-order valence-electron chi connectivity index (χ2n) is 4.75. The predicted octanol–water partition coefficient (Wildman–Crippen LogP) is 3.33. The summed E-state index contributed by atoms with van der Waals surface area (Å²) < 4.78 is 12.9. The SMILES string of the molecule is COc1ccc(-c2nnc([C@@H](C)Sc3nccn3C)o2)cc1. The third-order valence-corrected chi connectivity index (χ3v) is 4.34. The first-order chi connectivity index (χ1) is 10.7. The number of rotatable bonds is 5. The second kappa shape index (κ2) is 6.23. The number of benzene rings is 1. The van der Waals surface area contributed by atoms with Crippen molar-refractivity contribution in [3.63, 3.8) is 0 Å². The molecule has 0 unspecified atom stereocenters. The summed E-state index contributed by atoms with van der Waals surface area (Å²) in [5, 5.41) is 9.20. The van der Waals surface area contributed by atoms with Crippen molar-refractivity contribution in [1.82, 2.24) is 19.7 Å². The first-order valence-corrected chi connectivity index (χ1v) is 7.67. The number of hydrogen-bond donors (Lipinski definition) is 0. The van der Waals surface area contributed by atoms with Gasteiger partial charge in [-0.15, -0.1) is 10.2 Å². The molecule has 1 aromatic carbocycles. The summed E-state index contributed by atoms with van der Waals surface area (Å²) in [5.41, 5.74) is 0.869. The smallest absolute Gasteiger partial charge is 0.247 e. The molecule has 0 aliphatic heterocycles. The van der Waals surface area contributed by atoms with Gasteiger partial charge in [0.2, 0.25) is 11.8 Å². The highest BCUT2D eigenvalue weighted by molar-refractivity contribution is 7.99. The molecular weight excluding hydrogens is 300 g/mol. The Kier molecular flexibility index (Phi) is 4.15. The lowest BCUT2D eigenvalue weighted by Crippen LogP contribution is -1.94. The van der Waals surface area contributed by atoms with Crippen molar-refractivity contribution in [3.05, 3.63) is 42.5 Å². The van der Waals surface area contributed by atoms with E-state index in [-0.39, 0.29) is 5.25 Å². The molecule has 2 heterocycles. The number of aryl methyl sites for hydroxylation is 1. The summed E-state index contributed by atoms with van der Waals surface area (Å²) in [6.07, 6.45) is 3.68. The number of thioether (sulfide) groups is 1. The molecule has 114 valence electrons. The van der Waals surface area contributed by atoms with E-state index >= 15 is 0 Å². The van der Waals surface area contributed by atoms with E-state index < -0.39 is 0 Å². The fourth-order valence-corrected chi connectivity index (χ4v) is 2.78. The minimum absolute atomic E-state index is 0.0283. The summed E-state index contributed by atoms with van der Waals surface area (Å²) in [5.74, 6) is 1.88. The van der Waals surface area contributed by atoms with Gasteiger partial charge in [-0.25, -0.2) is 4.98 Å². The Morgan fingerprint density at radius 3 is 2.64 bits per heavy atom. The molecule has 22 heavy (non-hydrogen) atoms. The van der Waals surface area contributed by atoms with E-state index in [0.29, 0.717) is 11.8 Å². The molecule has 0 amide bonds. The van der Waals surface area contributed by atoms with Crippen LogP contribution >= 0.6 is 11.8 Å². The molecule has 1 atom stereocenters. The predicted molar refractivity (Wildman–Crippen MR) is 83.8 cm³/mol. The quantitative estimate of drug-likeness (QED) is 0.673. The van der Waals surface area contributed by atoms with Gasteiger partial charge in [-0.2, -0.15) is 0 Å². The lowest BCUT2D eigenvalue weighted by Gasteiger charge is -2.05. The zero-order chi connectivity index (χ0) is 15.5. The van der Waals surface area contributed by atoms with Gasteiger partial charge in [-0.3, -0.25) is 0 Å². The molecule has 2 aromatic heterocycles. The van der Waals surface area contributed by atoms with E-state index in [4.69, 9.17) is 9.15 Å². The Hall–Kier alpha value is -2.28. The normalized spacial score (nSPS) is 12.3. The van der Waals surface area contributed by atoms with Gasteiger partial charge in [-0.1, -0.05) is 11.8 Å². The van der Waals surface area contributed by atoms with E-state index in [2.05, 4.69) is 15.2 Å². The maximum absolute atomic E-state index is 5.77. The van der Waals surface area contributed by atoms with Crippen molar-refractivity contribution in [2.24, 2.45) is 7.05 Å². The molecule has 0 aliphatic rings. The molecule has 0 N–H and O–H groups in total. The summed E-state index contributed by atoms with van der Waals surface area (Å²) in [7, 11) is 3.59. The van der Waals surface area contributed by atoms with Crippen LogP contribution in [0, 0.1) is 0 Å². The van der Waals surface area contributed by atoms with Crippen molar-refractivity contribution in [3.8, 4) is 17.2 Å². The highest BCUT2D eigenvalue weighted by Crippen LogP contribution is 2.34. The van der Waals surface area contributed by atoms with Crippen molar-refractivity contribution in [2.45, 2.75) is 17.3 Å². The van der Waals surface area contributed by atoms with Gasteiger partial charge in [0, 0.05) is 25.0 Å². The molecule has 7 heteroatoms. The van der Waals surface area contributed by atoms with Crippen LogP contribution in [0.2, 0.25) is 0 Å². The summed E-state index contributed by atoms with van der Waals surface area (Å²) in [6, 6.07) is 7.52. The topological polar surface area (TPSA) is 66.0 Å². The molecular formula is C15H16N4O2S. The van der Waals surface area contributed by atoms with Crippen LogP contribution in [0.15, 0.2) is 46.2 Å². The van der Waals surface area contributed by atoms with Gasteiger partial charge < -0.3 is 13.7 Å². The fourth-order valence-electron chi connectivity index (χ4n) is 1.92. The van der Waals surface area contributed by atoms with Crippen LogP contribution in [0.3, 0.4) is 0 Å². The van der Waals surface area contributed by atoms with Gasteiger partial charge in [0.25, 0.3) is 0 Å². The standard InChI is InChI=1S/C15H16N4O2S/c1-10(22-15-16-8-9-19(15)2)13-17-18-14(21-13)11-4-6-12(20-3)7-5-11/h4-10H,1-3H3/t10-/m1/s1. The third kappa shape index (κ3) is 2.99. The maximum atomic E-state index is 5.77. The molecule has 0 spiro atoms. The Morgan fingerprint density at radius 2 is 2.00 bits per heavy atom. The Labute approximate surface area is 132 Å². The van der Waals surface area contributed by atoms with Crippen LogP contribution in [-0.4, -0.2) is 26.9 Å². The van der Waals surface area contributed by atoms with Crippen LogP contribution in [0.5, 0.6) is 5.75 Å². The first-order valence-electron chi connectivity index (χ1n) is 6.79. The van der Waals surface area contributed by atoms with Gasteiger partial charge in [-0.05, 0) is 31.2 Å². The number of nitrogens with zero attached hydrogens (tertiary/aromatic N) is 4. The number of imidazole rings is 1. The average molecular weight is 316 g/mol. The van der Waals surface area contributed by atoms with Crippen LogP contribution in [0.1, 0.15) is 18.1 Å². The van der Waals surface area contributed by atoms with E-state index in [9.17, 15) is 0 Å². The molecule has 0 saturated carbocycles. The zero-order valence-electron chi connectivity index (χ0n) is 12.6. The highest BCUT2D eigenvalue weighted by Gasteiger charge is 2.18. The Balaban J connectivity index is 1.76. The van der Waals surface area contributed by atoms with Crippen molar-refractivity contribution in [1.29, 1.82) is 0 Å². The molecule has 0 fully saturated rings. The molecule has 6 nitrogen and oxygen atoms in total. The molecule has 3 rings (SSSR count). The van der Waals surface area contributed by atoms with Gasteiger partial charge >= 0.3 is 0 Å². The molecule has 0 radical (unpaired) electrons. The Morgan fingerprint density at radius 1 is 1.23 bits per heavy atom. The van der Waals surface area contributed by atoms with E-state index in [1.165, 1.54) is 0 Å². The minimum atomic E-state index is 0.0283. The fraction of sp³-hybridized carbons (Fsp3) is 0.267. The molecule has 3 aromatic rings. The number of aromatic nitrogens is 4. The van der Waals surface area contributed by atoms with E-state index in [0.717, 1.165) is 16.5 Å². The molecule has 0 bridgehead atoms. The third-order valence-electron chi connectivity index (χ3n) is 3.18. The Bertz CT molecular complexity index is 751. The van der Waals surface area contributed by atoms with Crippen LogP contribution in [-0.2, 0) is 7.05 Å². The van der Waals surface area contributed by atoms with Crippen LogP contribution < -0.4 is 4.74 Å². The van der Waals surface area contributed by atoms with Crippen LogP contribution in [0.4, 0.5) is 0 Å². The first kappa shape index (κ1) is 14.6. The summed E-state index contributed by atoms with van der Waals surface area (Å²) >= 11 is 1.58. The van der Waals surface area contributed by atoms with Crippen molar-refractivity contribution < 1.29 is 9.15 Å².